The number of nitrogens with one attached hydrogen (secondary N) is 1. The molecule has 140 valence electrons. The maximum absolute atomic E-state index is 12.3. The molecular weight excluding hydrogens is 348 g/mol. The zero-order valence-electron chi connectivity index (χ0n) is 15.3. The van der Waals surface area contributed by atoms with E-state index in [1.54, 1.807) is 18.2 Å². The van der Waals surface area contributed by atoms with Crippen LogP contribution in [0.15, 0.2) is 42.5 Å². The van der Waals surface area contributed by atoms with Crippen molar-refractivity contribution in [3.8, 4) is 0 Å². The number of aromatic nitrogens is 3. The molecule has 0 aliphatic heterocycles. The zero-order chi connectivity index (χ0) is 19.4. The number of ether oxygens (including phenoxy) is 1. The van der Waals surface area contributed by atoms with Crippen molar-refractivity contribution < 1.29 is 19.2 Å². The monoisotopic (exact) mass is 368 g/mol. The summed E-state index contributed by atoms with van der Waals surface area (Å²) < 4.78 is 4.70. The van der Waals surface area contributed by atoms with E-state index < -0.39 is 5.97 Å². The van der Waals surface area contributed by atoms with Crippen molar-refractivity contribution in [1.29, 1.82) is 0 Å². The minimum atomic E-state index is -0.479. The van der Waals surface area contributed by atoms with Gasteiger partial charge < -0.3 is 14.9 Å². The van der Waals surface area contributed by atoms with Crippen LogP contribution in [-0.4, -0.2) is 40.8 Å². The number of esters is 1. The van der Waals surface area contributed by atoms with Crippen molar-refractivity contribution in [3.05, 3.63) is 53.6 Å². The van der Waals surface area contributed by atoms with Gasteiger partial charge in [0.15, 0.2) is 6.61 Å². The van der Waals surface area contributed by atoms with E-state index >= 15 is 0 Å². The van der Waals surface area contributed by atoms with Gasteiger partial charge in [-0.1, -0.05) is 36.9 Å². The van der Waals surface area contributed by atoms with E-state index in [1.807, 2.05) is 24.3 Å². The van der Waals surface area contributed by atoms with Crippen molar-refractivity contribution in [3.63, 3.8) is 0 Å². The lowest BCUT2D eigenvalue weighted by molar-refractivity contribution is -0.121. The normalized spacial score (nSPS) is 10.8. The summed E-state index contributed by atoms with van der Waals surface area (Å²) >= 11 is 0. The second kappa shape index (κ2) is 7.86. The van der Waals surface area contributed by atoms with Gasteiger partial charge >= 0.3 is 5.97 Å². The molecule has 0 saturated carbocycles. The van der Waals surface area contributed by atoms with Gasteiger partial charge in [-0.15, -0.1) is 5.10 Å². The summed E-state index contributed by atoms with van der Waals surface area (Å²) in [6.07, 6.45) is 0. The molecule has 0 spiro atoms. The molecule has 0 unspecified atom stereocenters. The summed E-state index contributed by atoms with van der Waals surface area (Å²) in [5.41, 5.74) is 3.13. The van der Waals surface area contributed by atoms with Gasteiger partial charge in [-0.3, -0.25) is 4.79 Å². The van der Waals surface area contributed by atoms with Gasteiger partial charge in [0.05, 0.1) is 12.7 Å². The first-order chi connectivity index (χ1) is 13.0. The molecule has 0 fully saturated rings. The highest BCUT2D eigenvalue weighted by Gasteiger charge is 2.13. The third-order valence-corrected chi connectivity index (χ3v) is 4.01. The van der Waals surface area contributed by atoms with Crippen LogP contribution >= 0.6 is 0 Å². The van der Waals surface area contributed by atoms with Crippen molar-refractivity contribution in [1.82, 2.24) is 15.2 Å². The van der Waals surface area contributed by atoms with Crippen LogP contribution in [0.5, 0.6) is 0 Å². The van der Waals surface area contributed by atoms with Crippen LogP contribution in [0, 0.1) is 0 Å². The predicted molar refractivity (Wildman–Crippen MR) is 99.5 cm³/mol. The van der Waals surface area contributed by atoms with Gasteiger partial charge in [0.2, 0.25) is 0 Å². The molecule has 3 rings (SSSR count). The predicted octanol–water partition coefficient (Wildman–Crippen LogP) is 2.41. The van der Waals surface area contributed by atoms with Crippen LogP contribution in [0.4, 0.5) is 5.69 Å². The molecule has 3 aromatic rings. The highest BCUT2D eigenvalue weighted by atomic mass is 16.7. The Morgan fingerprint density at radius 3 is 2.70 bits per heavy atom. The standard InChI is InChI=1S/C19H20N4O4/c1-12(2)14-6-4-5-7-15(14)20-18(24)11-27-23-17-10-13(19(25)26-3)8-9-16(17)21-22-23/h4-10,12H,11H2,1-3H3,(H,20,24). The van der Waals surface area contributed by atoms with E-state index in [9.17, 15) is 9.59 Å². The van der Waals surface area contributed by atoms with Crippen LogP contribution in [0.1, 0.15) is 35.7 Å². The highest BCUT2D eigenvalue weighted by molar-refractivity contribution is 5.94. The Balaban J connectivity index is 1.71. The second-order valence-corrected chi connectivity index (χ2v) is 6.22. The van der Waals surface area contributed by atoms with Crippen LogP contribution in [0.3, 0.4) is 0 Å². The van der Waals surface area contributed by atoms with Gasteiger partial charge in [-0.2, -0.15) is 0 Å². The van der Waals surface area contributed by atoms with Crippen molar-refractivity contribution in [2.24, 2.45) is 0 Å². The summed E-state index contributed by atoms with van der Waals surface area (Å²) in [5, 5.41) is 10.6. The molecule has 1 amide bonds. The molecule has 0 saturated heterocycles. The van der Waals surface area contributed by atoms with Gasteiger partial charge in [0.25, 0.3) is 5.91 Å². The number of carbonyl (C=O) groups is 2. The number of amides is 1. The Kier molecular flexibility index (Phi) is 5.35. The second-order valence-electron chi connectivity index (χ2n) is 6.22. The Bertz CT molecular complexity index is 981. The average molecular weight is 368 g/mol. The number of hydrogen-bond acceptors (Lipinski definition) is 6. The fourth-order valence-electron chi connectivity index (χ4n) is 2.66. The number of methoxy groups -OCH3 is 1. The number of anilines is 1. The number of fused-ring (bicyclic) bond motifs is 1. The molecule has 0 atom stereocenters. The lowest BCUT2D eigenvalue weighted by Crippen LogP contribution is -2.26. The summed E-state index contributed by atoms with van der Waals surface area (Å²) in [6.45, 7) is 3.86. The first-order valence-electron chi connectivity index (χ1n) is 8.45. The highest BCUT2D eigenvalue weighted by Crippen LogP contribution is 2.23. The molecule has 0 radical (unpaired) electrons. The molecular formula is C19H20N4O4. The topological polar surface area (TPSA) is 95.3 Å². The lowest BCUT2D eigenvalue weighted by Gasteiger charge is -2.13. The molecule has 1 aromatic heterocycles. The SMILES string of the molecule is COC(=O)c1ccc2nnn(OCC(=O)Nc3ccccc3C(C)C)c2c1. The summed E-state index contributed by atoms with van der Waals surface area (Å²) in [4.78, 5) is 30.5. The number of carbonyl (C=O) groups excluding carboxylic acids is 2. The molecule has 1 N–H and O–H groups in total. The van der Waals surface area contributed by atoms with E-state index in [0.717, 1.165) is 16.1 Å². The maximum Gasteiger partial charge on any atom is 0.337 e. The lowest BCUT2D eigenvalue weighted by atomic mass is 10.0. The van der Waals surface area contributed by atoms with Crippen LogP contribution in [-0.2, 0) is 9.53 Å². The first kappa shape index (κ1) is 18.4. The Hall–Kier alpha value is -3.42. The van der Waals surface area contributed by atoms with Crippen molar-refractivity contribution >= 4 is 28.6 Å². The quantitative estimate of drug-likeness (QED) is 0.672. The largest absolute Gasteiger partial charge is 0.465 e. The molecule has 0 aliphatic carbocycles. The van der Waals surface area contributed by atoms with Crippen LogP contribution in [0.25, 0.3) is 11.0 Å². The number of hydrogen-bond donors (Lipinski definition) is 1. The zero-order valence-corrected chi connectivity index (χ0v) is 15.3. The van der Waals surface area contributed by atoms with E-state index in [2.05, 4.69) is 29.5 Å². The Morgan fingerprint density at radius 2 is 1.96 bits per heavy atom. The van der Waals surface area contributed by atoms with Crippen LogP contribution < -0.4 is 10.2 Å². The Labute approximate surface area is 156 Å². The third-order valence-electron chi connectivity index (χ3n) is 4.01. The van der Waals surface area contributed by atoms with E-state index in [1.165, 1.54) is 7.11 Å². The Morgan fingerprint density at radius 1 is 1.19 bits per heavy atom. The summed E-state index contributed by atoms with van der Waals surface area (Å²) in [5.74, 6) is -0.526. The molecule has 1 heterocycles. The number of nitrogens with zero attached hydrogens (tertiary/aromatic N) is 3. The summed E-state index contributed by atoms with van der Waals surface area (Å²) in [7, 11) is 1.30. The third kappa shape index (κ3) is 4.05. The molecule has 2 aromatic carbocycles. The fourth-order valence-corrected chi connectivity index (χ4v) is 2.66. The average Bonchev–Trinajstić information content (AvgIpc) is 3.08. The first-order valence-corrected chi connectivity index (χ1v) is 8.45. The smallest absolute Gasteiger partial charge is 0.337 e. The van der Waals surface area contributed by atoms with E-state index in [0.29, 0.717) is 16.6 Å². The van der Waals surface area contributed by atoms with Crippen molar-refractivity contribution in [2.75, 3.05) is 19.0 Å². The van der Waals surface area contributed by atoms with E-state index in [4.69, 9.17) is 9.57 Å². The van der Waals surface area contributed by atoms with Gasteiger partial charge in [0.1, 0.15) is 11.0 Å². The van der Waals surface area contributed by atoms with Gasteiger partial charge in [0, 0.05) is 5.69 Å². The molecule has 0 bridgehead atoms. The molecule has 8 nitrogen and oxygen atoms in total. The molecule has 0 aliphatic rings. The molecule has 27 heavy (non-hydrogen) atoms. The maximum atomic E-state index is 12.3. The minimum Gasteiger partial charge on any atom is -0.465 e. The van der Waals surface area contributed by atoms with Gasteiger partial charge in [-0.05, 0) is 41.0 Å². The van der Waals surface area contributed by atoms with Gasteiger partial charge in [-0.25, -0.2) is 4.79 Å². The number of para-hydroxylation sites is 1. The summed E-state index contributed by atoms with van der Waals surface area (Å²) in [6, 6.07) is 12.4. The molecule has 8 heteroatoms. The van der Waals surface area contributed by atoms with Crippen LogP contribution in [0.2, 0.25) is 0 Å². The minimum absolute atomic E-state index is 0.257. The number of benzene rings is 2. The fraction of sp³-hybridized carbons (Fsp3) is 0.263. The van der Waals surface area contributed by atoms with E-state index in [-0.39, 0.29) is 18.4 Å². The van der Waals surface area contributed by atoms with Crippen molar-refractivity contribution in [2.45, 2.75) is 19.8 Å². The number of rotatable bonds is 6.